The Morgan fingerprint density at radius 1 is 1.24 bits per heavy atom. The molecule has 2 rings (SSSR count). The van der Waals surface area contributed by atoms with Crippen LogP contribution in [0.2, 0.25) is 0 Å². The van der Waals surface area contributed by atoms with Crippen LogP contribution in [0.15, 0.2) is 30.3 Å². The summed E-state index contributed by atoms with van der Waals surface area (Å²) in [5.41, 5.74) is 0.628. The third-order valence-electron chi connectivity index (χ3n) is 4.15. The van der Waals surface area contributed by atoms with Gasteiger partial charge in [-0.15, -0.1) is 0 Å². The molecule has 6 heteroatoms. The normalized spacial score (nSPS) is 21.4. The van der Waals surface area contributed by atoms with Crippen molar-refractivity contribution in [3.63, 3.8) is 0 Å². The fraction of sp³-hybridized carbons (Fsp3) is 0.579. The van der Waals surface area contributed by atoms with Crippen molar-refractivity contribution in [1.29, 1.82) is 0 Å². The SMILES string of the molecule is COC(=O)[C@@H]1CN(Cc2ccccc2)CC[C@@H]1NC(=O)OC(C)(C)C. The molecule has 6 nitrogen and oxygen atoms in total. The molecule has 2 atom stereocenters. The average Bonchev–Trinajstić information content (AvgIpc) is 2.54. The minimum absolute atomic E-state index is 0.283. The van der Waals surface area contributed by atoms with Crippen LogP contribution in [-0.4, -0.2) is 48.8 Å². The van der Waals surface area contributed by atoms with E-state index in [-0.39, 0.29) is 12.0 Å². The number of hydrogen-bond donors (Lipinski definition) is 1. The van der Waals surface area contributed by atoms with E-state index in [2.05, 4.69) is 22.3 Å². The molecule has 0 spiro atoms. The Bertz CT molecular complexity index is 583. The topological polar surface area (TPSA) is 67.9 Å². The number of carbonyl (C=O) groups is 2. The molecule has 138 valence electrons. The highest BCUT2D eigenvalue weighted by atomic mass is 16.6. The summed E-state index contributed by atoms with van der Waals surface area (Å²) in [7, 11) is 1.38. The Balaban J connectivity index is 2.00. The fourth-order valence-electron chi connectivity index (χ4n) is 3.03. The van der Waals surface area contributed by atoms with Crippen molar-refractivity contribution in [1.82, 2.24) is 10.2 Å². The summed E-state index contributed by atoms with van der Waals surface area (Å²) in [6, 6.07) is 9.84. The standard InChI is InChI=1S/C19H28N2O4/c1-19(2,3)25-18(23)20-16-10-11-21(13-15(16)17(22)24-4)12-14-8-6-5-7-9-14/h5-9,15-16H,10-13H2,1-4H3,(H,20,23)/t15-,16+/m1/s1. The maximum atomic E-state index is 12.2. The van der Waals surface area contributed by atoms with Crippen LogP contribution in [0.5, 0.6) is 0 Å². The number of benzene rings is 1. The van der Waals surface area contributed by atoms with Gasteiger partial charge in [0.05, 0.1) is 13.0 Å². The number of ether oxygens (including phenoxy) is 2. The lowest BCUT2D eigenvalue weighted by molar-refractivity contribution is -0.148. The first-order chi connectivity index (χ1) is 11.8. The monoisotopic (exact) mass is 348 g/mol. The summed E-state index contributed by atoms with van der Waals surface area (Å²) in [6.45, 7) is 7.55. The number of likely N-dealkylation sites (tertiary alicyclic amines) is 1. The highest BCUT2D eigenvalue weighted by Gasteiger charge is 2.36. The van der Waals surface area contributed by atoms with Gasteiger partial charge in [0.2, 0.25) is 0 Å². The summed E-state index contributed by atoms with van der Waals surface area (Å²) < 4.78 is 10.3. The van der Waals surface area contributed by atoms with Crippen molar-refractivity contribution in [2.75, 3.05) is 20.2 Å². The largest absolute Gasteiger partial charge is 0.469 e. The molecule has 1 fully saturated rings. The molecule has 1 aromatic rings. The van der Waals surface area contributed by atoms with E-state index in [0.717, 1.165) is 13.1 Å². The van der Waals surface area contributed by atoms with Gasteiger partial charge in [0.15, 0.2) is 0 Å². The molecule has 1 aliphatic heterocycles. The molecular formula is C19H28N2O4. The van der Waals surface area contributed by atoms with E-state index in [0.29, 0.717) is 13.0 Å². The Morgan fingerprint density at radius 3 is 2.52 bits per heavy atom. The van der Waals surface area contributed by atoms with Crippen molar-refractivity contribution in [2.24, 2.45) is 5.92 Å². The molecule has 25 heavy (non-hydrogen) atoms. The molecule has 0 aromatic heterocycles. The van der Waals surface area contributed by atoms with Gasteiger partial charge in [-0.1, -0.05) is 30.3 Å². The quantitative estimate of drug-likeness (QED) is 0.847. The van der Waals surface area contributed by atoms with Gasteiger partial charge < -0.3 is 14.8 Å². The number of amides is 1. The molecule has 0 unspecified atom stereocenters. The Hall–Kier alpha value is -2.08. The van der Waals surface area contributed by atoms with Crippen LogP contribution in [0.4, 0.5) is 4.79 Å². The molecule has 1 N–H and O–H groups in total. The second kappa shape index (κ2) is 8.34. The van der Waals surface area contributed by atoms with Crippen molar-refractivity contribution in [2.45, 2.75) is 45.4 Å². The lowest BCUT2D eigenvalue weighted by atomic mass is 9.92. The molecule has 1 heterocycles. The highest BCUT2D eigenvalue weighted by Crippen LogP contribution is 2.21. The fourth-order valence-corrected chi connectivity index (χ4v) is 3.03. The van der Waals surface area contributed by atoms with Crippen LogP contribution in [-0.2, 0) is 20.8 Å². The third kappa shape index (κ3) is 6.05. The van der Waals surface area contributed by atoms with Crippen LogP contribution in [0, 0.1) is 5.92 Å². The highest BCUT2D eigenvalue weighted by molar-refractivity contribution is 5.75. The van der Waals surface area contributed by atoms with Gasteiger partial charge in [-0.25, -0.2) is 4.79 Å². The van der Waals surface area contributed by atoms with Crippen LogP contribution < -0.4 is 5.32 Å². The summed E-state index contributed by atoms with van der Waals surface area (Å²) in [5.74, 6) is -0.714. The zero-order chi connectivity index (χ0) is 18.4. The number of nitrogens with zero attached hydrogens (tertiary/aromatic N) is 1. The summed E-state index contributed by atoms with van der Waals surface area (Å²) in [4.78, 5) is 26.5. The van der Waals surface area contributed by atoms with Gasteiger partial charge >= 0.3 is 12.1 Å². The van der Waals surface area contributed by atoms with E-state index in [1.54, 1.807) is 0 Å². The zero-order valence-corrected chi connectivity index (χ0v) is 15.5. The van der Waals surface area contributed by atoms with Crippen molar-refractivity contribution in [3.05, 3.63) is 35.9 Å². The first-order valence-electron chi connectivity index (χ1n) is 8.62. The molecule has 0 bridgehead atoms. The second-order valence-corrected chi connectivity index (χ2v) is 7.39. The lowest BCUT2D eigenvalue weighted by Gasteiger charge is -2.37. The van der Waals surface area contributed by atoms with Gasteiger partial charge in [-0.2, -0.15) is 0 Å². The minimum atomic E-state index is -0.571. The Morgan fingerprint density at radius 2 is 1.92 bits per heavy atom. The molecule has 0 radical (unpaired) electrons. The van der Waals surface area contributed by atoms with Gasteiger partial charge in [0, 0.05) is 25.7 Å². The maximum Gasteiger partial charge on any atom is 0.407 e. The predicted molar refractivity (Wildman–Crippen MR) is 95.0 cm³/mol. The molecule has 1 aromatic carbocycles. The van der Waals surface area contributed by atoms with E-state index in [9.17, 15) is 9.59 Å². The zero-order valence-electron chi connectivity index (χ0n) is 15.5. The first-order valence-corrected chi connectivity index (χ1v) is 8.62. The Labute approximate surface area is 149 Å². The smallest absolute Gasteiger partial charge is 0.407 e. The number of piperidine rings is 1. The van der Waals surface area contributed by atoms with Crippen LogP contribution in [0.25, 0.3) is 0 Å². The average molecular weight is 348 g/mol. The third-order valence-corrected chi connectivity index (χ3v) is 4.15. The number of hydrogen-bond acceptors (Lipinski definition) is 5. The molecule has 1 aliphatic rings. The van der Waals surface area contributed by atoms with E-state index in [4.69, 9.17) is 9.47 Å². The number of nitrogens with one attached hydrogen (secondary N) is 1. The van der Waals surface area contributed by atoms with Gasteiger partial charge in [0.25, 0.3) is 0 Å². The number of rotatable bonds is 4. The number of alkyl carbamates (subject to hydrolysis) is 1. The van der Waals surface area contributed by atoms with Crippen LogP contribution in [0.3, 0.4) is 0 Å². The number of carbonyl (C=O) groups excluding carboxylic acids is 2. The summed E-state index contributed by atoms with van der Waals surface area (Å²) in [5, 5.41) is 2.84. The van der Waals surface area contributed by atoms with Gasteiger partial charge in [0.1, 0.15) is 5.60 Å². The van der Waals surface area contributed by atoms with Crippen LogP contribution in [0.1, 0.15) is 32.8 Å². The maximum absolute atomic E-state index is 12.2. The number of esters is 1. The first kappa shape index (κ1) is 19.2. The Kier molecular flexibility index (Phi) is 6.42. The number of methoxy groups -OCH3 is 1. The molecular weight excluding hydrogens is 320 g/mol. The molecule has 0 saturated carbocycles. The van der Waals surface area contributed by atoms with Crippen molar-refractivity contribution in [3.8, 4) is 0 Å². The van der Waals surface area contributed by atoms with E-state index < -0.39 is 17.6 Å². The summed E-state index contributed by atoms with van der Waals surface area (Å²) >= 11 is 0. The minimum Gasteiger partial charge on any atom is -0.469 e. The second-order valence-electron chi connectivity index (χ2n) is 7.39. The predicted octanol–water partition coefficient (Wildman–Crippen LogP) is 2.57. The van der Waals surface area contributed by atoms with E-state index in [1.165, 1.54) is 12.7 Å². The van der Waals surface area contributed by atoms with Crippen molar-refractivity contribution < 1.29 is 19.1 Å². The van der Waals surface area contributed by atoms with Crippen LogP contribution >= 0.6 is 0 Å². The lowest BCUT2D eigenvalue weighted by Crippen LogP contribution is -2.54. The van der Waals surface area contributed by atoms with Crippen molar-refractivity contribution >= 4 is 12.1 Å². The molecule has 1 saturated heterocycles. The molecule has 1 amide bonds. The van der Waals surface area contributed by atoms with E-state index >= 15 is 0 Å². The van der Waals surface area contributed by atoms with E-state index in [1.807, 2.05) is 39.0 Å². The van der Waals surface area contributed by atoms with Gasteiger partial charge in [-0.05, 0) is 32.8 Å². The van der Waals surface area contributed by atoms with Gasteiger partial charge in [-0.3, -0.25) is 9.69 Å². The molecule has 0 aliphatic carbocycles. The summed E-state index contributed by atoms with van der Waals surface area (Å²) in [6.07, 6.45) is 0.175.